The Morgan fingerprint density at radius 2 is 2.00 bits per heavy atom. The second kappa shape index (κ2) is 5.26. The van der Waals surface area contributed by atoms with Crippen molar-refractivity contribution in [3.63, 3.8) is 0 Å². The molecule has 0 saturated carbocycles. The molecule has 6 nitrogen and oxygen atoms in total. The Morgan fingerprint density at radius 3 is 2.53 bits per heavy atom. The number of carbonyl (C=O) groups is 1. The first kappa shape index (κ1) is 13.6. The lowest BCUT2D eigenvalue weighted by molar-refractivity contribution is 0.0537. The maximum Gasteiger partial charge on any atom is 0.275 e. The Labute approximate surface area is 100.0 Å². The normalized spacial score (nSPS) is 11.2. The zero-order valence-corrected chi connectivity index (χ0v) is 10.6. The Kier molecular flexibility index (Phi) is 4.22. The molecule has 0 spiro atoms. The Bertz CT molecular complexity index is 525. The van der Waals surface area contributed by atoms with E-state index in [2.05, 4.69) is 15.0 Å². The monoisotopic (exact) mass is 258 g/mol. The third kappa shape index (κ3) is 3.02. The molecular formula is C10H14N2O4S. The molecule has 0 saturated heterocycles. The van der Waals surface area contributed by atoms with Gasteiger partial charge >= 0.3 is 0 Å². The molecule has 1 aromatic carbocycles. The van der Waals surface area contributed by atoms with Crippen molar-refractivity contribution in [2.24, 2.45) is 0 Å². The molecule has 0 heterocycles. The summed E-state index contributed by atoms with van der Waals surface area (Å²) in [4.78, 5) is 16.1. The average molecular weight is 258 g/mol. The lowest BCUT2D eigenvalue weighted by Gasteiger charge is -2.08. The van der Waals surface area contributed by atoms with Crippen LogP contribution in [0.25, 0.3) is 0 Å². The molecule has 0 bridgehead atoms. The predicted molar refractivity (Wildman–Crippen MR) is 61.9 cm³/mol. The summed E-state index contributed by atoms with van der Waals surface area (Å²) in [7, 11) is -0.940. The highest BCUT2D eigenvalue weighted by Crippen LogP contribution is 2.15. The number of rotatable bonds is 4. The first-order valence-corrected chi connectivity index (χ1v) is 6.28. The standard InChI is InChI=1S/C10H14N2O4S/c1-7-4-5-8(17(14,15)11-2)6-9(7)10(13)12-16-3/h4-6,11H,1-3H3,(H,12,13). The van der Waals surface area contributed by atoms with Crippen LogP contribution in [0.15, 0.2) is 23.1 Å². The Morgan fingerprint density at radius 1 is 1.35 bits per heavy atom. The summed E-state index contributed by atoms with van der Waals surface area (Å²) in [6, 6.07) is 4.30. The fraction of sp³-hybridized carbons (Fsp3) is 0.300. The van der Waals surface area contributed by atoms with E-state index in [4.69, 9.17) is 0 Å². The van der Waals surface area contributed by atoms with Crippen LogP contribution in [0.2, 0.25) is 0 Å². The van der Waals surface area contributed by atoms with E-state index in [9.17, 15) is 13.2 Å². The molecule has 0 radical (unpaired) electrons. The van der Waals surface area contributed by atoms with E-state index in [1.54, 1.807) is 13.0 Å². The van der Waals surface area contributed by atoms with Crippen molar-refractivity contribution in [2.45, 2.75) is 11.8 Å². The number of sulfonamides is 1. The Balaban J connectivity index is 3.25. The molecular weight excluding hydrogens is 244 g/mol. The van der Waals surface area contributed by atoms with E-state index >= 15 is 0 Å². The zero-order valence-electron chi connectivity index (χ0n) is 9.77. The van der Waals surface area contributed by atoms with Crippen molar-refractivity contribution < 1.29 is 18.0 Å². The van der Waals surface area contributed by atoms with E-state index in [0.29, 0.717) is 5.56 Å². The number of hydrogen-bond donors (Lipinski definition) is 2. The van der Waals surface area contributed by atoms with Gasteiger partial charge in [-0.05, 0) is 31.7 Å². The first-order chi connectivity index (χ1) is 7.92. The van der Waals surface area contributed by atoms with E-state index in [1.165, 1.54) is 26.3 Å². The highest BCUT2D eigenvalue weighted by Gasteiger charge is 2.16. The summed E-state index contributed by atoms with van der Waals surface area (Å²) in [6.07, 6.45) is 0. The van der Waals surface area contributed by atoms with Crippen LogP contribution in [-0.2, 0) is 14.9 Å². The number of benzene rings is 1. The molecule has 1 amide bonds. The second-order valence-electron chi connectivity index (χ2n) is 3.32. The van der Waals surface area contributed by atoms with E-state index < -0.39 is 15.9 Å². The number of hydrogen-bond acceptors (Lipinski definition) is 4. The van der Waals surface area contributed by atoms with Crippen molar-refractivity contribution in [3.8, 4) is 0 Å². The van der Waals surface area contributed by atoms with Crippen LogP contribution in [-0.4, -0.2) is 28.5 Å². The summed E-state index contributed by atoms with van der Waals surface area (Å²) in [6.45, 7) is 1.71. The second-order valence-corrected chi connectivity index (χ2v) is 5.21. The molecule has 1 aromatic rings. The molecule has 94 valence electrons. The van der Waals surface area contributed by atoms with Crippen LogP contribution in [0.4, 0.5) is 0 Å². The van der Waals surface area contributed by atoms with Gasteiger partial charge in [-0.3, -0.25) is 9.63 Å². The zero-order chi connectivity index (χ0) is 13.1. The van der Waals surface area contributed by atoms with Crippen molar-refractivity contribution >= 4 is 15.9 Å². The van der Waals surface area contributed by atoms with Crippen LogP contribution in [0.1, 0.15) is 15.9 Å². The molecule has 0 aromatic heterocycles. The van der Waals surface area contributed by atoms with Gasteiger partial charge in [-0.25, -0.2) is 18.6 Å². The number of nitrogens with one attached hydrogen (secondary N) is 2. The van der Waals surface area contributed by atoms with E-state index in [1.807, 2.05) is 0 Å². The summed E-state index contributed by atoms with van der Waals surface area (Å²) in [5, 5.41) is 0. The van der Waals surface area contributed by atoms with Crippen LogP contribution >= 0.6 is 0 Å². The van der Waals surface area contributed by atoms with Gasteiger partial charge in [-0.2, -0.15) is 0 Å². The van der Waals surface area contributed by atoms with E-state index in [0.717, 1.165) is 0 Å². The molecule has 0 aliphatic heterocycles. The third-order valence-electron chi connectivity index (χ3n) is 2.23. The average Bonchev–Trinajstić information content (AvgIpc) is 2.29. The van der Waals surface area contributed by atoms with Gasteiger partial charge in [0.2, 0.25) is 10.0 Å². The number of carbonyl (C=O) groups excluding carboxylic acids is 1. The predicted octanol–water partition coefficient (Wildman–Crippen LogP) is 0.194. The van der Waals surface area contributed by atoms with Gasteiger partial charge < -0.3 is 0 Å². The molecule has 0 unspecified atom stereocenters. The molecule has 1 rings (SSSR count). The molecule has 0 aliphatic carbocycles. The van der Waals surface area contributed by atoms with Crippen LogP contribution in [0.5, 0.6) is 0 Å². The third-order valence-corrected chi connectivity index (χ3v) is 3.64. The summed E-state index contributed by atoms with van der Waals surface area (Å²) in [5.74, 6) is -0.488. The molecule has 0 aliphatic rings. The minimum Gasteiger partial charge on any atom is -0.277 e. The fourth-order valence-corrected chi connectivity index (χ4v) is 2.03. The number of aryl methyl sites for hydroxylation is 1. The number of amides is 1. The van der Waals surface area contributed by atoms with Gasteiger partial charge in [0, 0.05) is 5.56 Å². The first-order valence-electron chi connectivity index (χ1n) is 4.80. The summed E-state index contributed by atoms with van der Waals surface area (Å²) in [5.41, 5.74) is 3.06. The number of hydroxylamine groups is 1. The van der Waals surface area contributed by atoms with Crippen LogP contribution in [0.3, 0.4) is 0 Å². The smallest absolute Gasteiger partial charge is 0.275 e. The van der Waals surface area contributed by atoms with Gasteiger partial charge in [-0.15, -0.1) is 0 Å². The Hall–Kier alpha value is -1.44. The minimum absolute atomic E-state index is 0.0341. The van der Waals surface area contributed by atoms with Crippen molar-refractivity contribution in [1.82, 2.24) is 10.2 Å². The van der Waals surface area contributed by atoms with Gasteiger partial charge in [0.15, 0.2) is 0 Å². The largest absolute Gasteiger partial charge is 0.277 e. The quantitative estimate of drug-likeness (QED) is 0.755. The maximum atomic E-state index is 11.6. The van der Waals surface area contributed by atoms with Crippen LogP contribution in [0, 0.1) is 6.92 Å². The molecule has 2 N–H and O–H groups in total. The van der Waals surface area contributed by atoms with Gasteiger partial charge in [0.25, 0.3) is 5.91 Å². The van der Waals surface area contributed by atoms with Gasteiger partial charge in [0.1, 0.15) is 0 Å². The lowest BCUT2D eigenvalue weighted by Crippen LogP contribution is -2.24. The van der Waals surface area contributed by atoms with Gasteiger partial charge in [0.05, 0.1) is 12.0 Å². The molecule has 17 heavy (non-hydrogen) atoms. The lowest BCUT2D eigenvalue weighted by atomic mass is 10.1. The van der Waals surface area contributed by atoms with Crippen molar-refractivity contribution in [1.29, 1.82) is 0 Å². The SMILES string of the molecule is CNS(=O)(=O)c1ccc(C)c(C(=O)NOC)c1. The van der Waals surface area contributed by atoms with Crippen LogP contribution < -0.4 is 10.2 Å². The fourth-order valence-electron chi connectivity index (χ4n) is 1.28. The summed E-state index contributed by atoms with van der Waals surface area (Å²) >= 11 is 0. The molecule has 0 fully saturated rings. The van der Waals surface area contributed by atoms with Crippen molar-refractivity contribution in [3.05, 3.63) is 29.3 Å². The van der Waals surface area contributed by atoms with Gasteiger partial charge in [-0.1, -0.05) is 6.07 Å². The highest BCUT2D eigenvalue weighted by atomic mass is 32.2. The summed E-state index contributed by atoms with van der Waals surface area (Å²) < 4.78 is 25.3. The topological polar surface area (TPSA) is 84.5 Å². The molecule has 0 atom stereocenters. The van der Waals surface area contributed by atoms with E-state index in [-0.39, 0.29) is 10.5 Å². The minimum atomic E-state index is -3.56. The highest BCUT2D eigenvalue weighted by molar-refractivity contribution is 7.89. The molecule has 7 heteroatoms. The maximum absolute atomic E-state index is 11.6. The van der Waals surface area contributed by atoms with Crippen molar-refractivity contribution in [2.75, 3.05) is 14.2 Å².